The summed E-state index contributed by atoms with van der Waals surface area (Å²) >= 11 is 0. The highest BCUT2D eigenvalue weighted by molar-refractivity contribution is 6.43. The lowest BCUT2D eigenvalue weighted by atomic mass is 9.58. The maximum absolute atomic E-state index is 13.4. The first-order valence-corrected chi connectivity index (χ1v) is 14.7. The van der Waals surface area contributed by atoms with Crippen LogP contribution in [0.4, 0.5) is 4.79 Å². The zero-order valence-corrected chi connectivity index (χ0v) is 24.1. The number of imide groups is 3. The topological polar surface area (TPSA) is 126 Å². The van der Waals surface area contributed by atoms with Crippen molar-refractivity contribution in [1.82, 2.24) is 9.88 Å². The Hall–Kier alpha value is -4.28. The van der Waals surface area contributed by atoms with E-state index in [4.69, 9.17) is 9.39 Å². The van der Waals surface area contributed by atoms with Gasteiger partial charge in [0.2, 0.25) is 11.8 Å². The van der Waals surface area contributed by atoms with Crippen LogP contribution in [0, 0.1) is 17.8 Å². The van der Waals surface area contributed by atoms with Gasteiger partial charge in [-0.1, -0.05) is 48.9 Å². The minimum atomic E-state index is -1.12. The number of benzene rings is 2. The molecular formula is C33H33BN2O7. The zero-order chi connectivity index (χ0) is 30.2. The van der Waals surface area contributed by atoms with Gasteiger partial charge in [0.1, 0.15) is 5.75 Å². The van der Waals surface area contributed by atoms with Crippen LogP contribution in [0.25, 0.3) is 22.4 Å². The number of likely N-dealkylation sites (tertiary alicyclic amines) is 1. The molecule has 2 N–H and O–H groups in total. The second-order valence-electron chi connectivity index (χ2n) is 11.3. The molecule has 3 heterocycles. The Balaban J connectivity index is 1.35. The Morgan fingerprint density at radius 3 is 2.58 bits per heavy atom. The predicted molar refractivity (Wildman–Crippen MR) is 161 cm³/mol. The van der Waals surface area contributed by atoms with Crippen LogP contribution in [0.2, 0.25) is 6.32 Å². The molecule has 1 aromatic heterocycles. The van der Waals surface area contributed by atoms with Gasteiger partial charge in [-0.25, -0.2) is 4.79 Å². The largest absolute Gasteiger partial charge is 0.507 e. The van der Waals surface area contributed by atoms with Crippen molar-refractivity contribution in [1.29, 1.82) is 0 Å². The molecule has 0 saturated carbocycles. The second-order valence-corrected chi connectivity index (χ2v) is 11.3. The first kappa shape index (κ1) is 28.8. The summed E-state index contributed by atoms with van der Waals surface area (Å²) in [4.78, 5) is 44.2. The monoisotopic (exact) mass is 580 g/mol. The maximum Gasteiger partial charge on any atom is 0.455 e. The van der Waals surface area contributed by atoms with Gasteiger partial charge in [0.05, 0.1) is 30.7 Å². The first-order valence-electron chi connectivity index (χ1n) is 14.7. The van der Waals surface area contributed by atoms with Crippen LogP contribution in [0.3, 0.4) is 0 Å². The number of phenols is 1. The van der Waals surface area contributed by atoms with Crippen molar-refractivity contribution in [2.75, 3.05) is 7.11 Å². The number of ether oxygens (including phenoxy) is 1. The van der Waals surface area contributed by atoms with Crippen LogP contribution in [-0.4, -0.2) is 58.3 Å². The molecule has 43 heavy (non-hydrogen) atoms. The fourth-order valence-electron chi connectivity index (χ4n) is 7.11. The van der Waals surface area contributed by atoms with Gasteiger partial charge in [-0.3, -0.25) is 14.6 Å². The number of aromatic hydroxyl groups is 1. The molecule has 2 saturated heterocycles. The average Bonchev–Trinajstić information content (AvgIpc) is 3.28. The molecule has 2 fully saturated rings. The lowest BCUT2D eigenvalue weighted by Gasteiger charge is -2.43. The van der Waals surface area contributed by atoms with E-state index in [1.165, 1.54) is 0 Å². The standard InChI is InChI=1S/C33H33BN2O7/c1-3-19-17-24-30(32(39)36(31(24)38)33(40)42-2)25-18-34(41)43-28(29(19)25)14-12-21(26-10-6-7-15-35-26)16-20-11-13-27(37)23-9-5-4-8-22(20)23/h4-11,13,15-16,24-25,28,30,37,41H,3,12,14,17-18H2,1-2H3/b21-16-/t24-,25+,28-,30-/m1/s1. The summed E-state index contributed by atoms with van der Waals surface area (Å²) in [6, 6.07) is 17.0. The number of fused-ring (bicyclic) bond motifs is 4. The summed E-state index contributed by atoms with van der Waals surface area (Å²) in [5, 5.41) is 22.9. The number of phenolic OH excluding ortho intramolecular Hbond substituents is 1. The van der Waals surface area contributed by atoms with Crippen LogP contribution in [0.1, 0.15) is 43.9 Å². The molecule has 3 aliphatic rings. The number of carbonyl (C=O) groups excluding carboxylic acids is 3. The maximum atomic E-state index is 13.4. The van der Waals surface area contributed by atoms with Gasteiger partial charge in [-0.05, 0) is 84.3 Å². The number of rotatable bonds is 6. The van der Waals surface area contributed by atoms with Crippen molar-refractivity contribution in [3.8, 4) is 5.75 Å². The minimum Gasteiger partial charge on any atom is -0.507 e. The van der Waals surface area contributed by atoms with E-state index in [1.807, 2.05) is 55.5 Å². The fourth-order valence-corrected chi connectivity index (χ4v) is 7.11. The molecule has 9 nitrogen and oxygen atoms in total. The summed E-state index contributed by atoms with van der Waals surface area (Å²) in [7, 11) is 0.0301. The highest BCUT2D eigenvalue weighted by atomic mass is 16.5. The molecule has 0 radical (unpaired) electrons. The summed E-state index contributed by atoms with van der Waals surface area (Å²) in [6.07, 6.45) is 4.61. The SMILES string of the molecule is CCC1=C2[C@@H](CC/C(=C/c3ccc(O)c4ccccc34)c3ccccn3)OB(O)C[C@@H]2[C@@H]2C(=O)N(C(=O)OC)C(=O)[C@@H]2C1. The smallest absolute Gasteiger partial charge is 0.455 e. The fraction of sp³-hybridized carbons (Fsp3) is 0.333. The Labute approximate surface area is 250 Å². The van der Waals surface area contributed by atoms with Crippen LogP contribution >= 0.6 is 0 Å². The van der Waals surface area contributed by atoms with E-state index < -0.39 is 48.9 Å². The molecule has 0 spiro atoms. The van der Waals surface area contributed by atoms with Crippen LogP contribution < -0.4 is 0 Å². The highest BCUT2D eigenvalue weighted by Gasteiger charge is 2.59. The quantitative estimate of drug-likeness (QED) is 0.231. The summed E-state index contributed by atoms with van der Waals surface area (Å²) < 4.78 is 10.9. The van der Waals surface area contributed by atoms with E-state index in [1.54, 1.807) is 12.3 Å². The molecular weight excluding hydrogens is 547 g/mol. The first-order chi connectivity index (χ1) is 20.8. The van der Waals surface area contributed by atoms with Gasteiger partial charge < -0.3 is 19.5 Å². The van der Waals surface area contributed by atoms with Gasteiger partial charge in [0, 0.05) is 11.6 Å². The third-order valence-corrected chi connectivity index (χ3v) is 9.03. The van der Waals surface area contributed by atoms with E-state index in [-0.39, 0.29) is 12.1 Å². The summed E-state index contributed by atoms with van der Waals surface area (Å²) in [5.41, 5.74) is 4.67. The number of hydrogen-bond donors (Lipinski definition) is 2. The number of hydrogen-bond acceptors (Lipinski definition) is 8. The minimum absolute atomic E-state index is 0.174. The molecule has 0 unspecified atom stereocenters. The number of pyridine rings is 1. The van der Waals surface area contributed by atoms with Crippen LogP contribution in [0.15, 0.2) is 71.9 Å². The van der Waals surface area contributed by atoms with Crippen molar-refractivity contribution in [3.05, 3.63) is 83.2 Å². The molecule has 220 valence electrons. The number of amides is 3. The van der Waals surface area contributed by atoms with Gasteiger partial charge in [-0.15, -0.1) is 0 Å². The summed E-state index contributed by atoms with van der Waals surface area (Å²) in [5.74, 6) is -2.72. The third kappa shape index (κ3) is 5.15. The number of methoxy groups -OCH3 is 1. The molecule has 3 amide bonds. The number of aromatic nitrogens is 1. The molecule has 3 aromatic rings. The number of nitrogens with zero attached hydrogens (tertiary/aromatic N) is 2. The Bertz CT molecular complexity index is 1650. The second kappa shape index (κ2) is 11.8. The van der Waals surface area contributed by atoms with E-state index in [2.05, 4.69) is 11.1 Å². The molecule has 6 rings (SSSR count). The van der Waals surface area contributed by atoms with E-state index in [0.29, 0.717) is 30.6 Å². The van der Waals surface area contributed by atoms with Crippen molar-refractivity contribution in [3.63, 3.8) is 0 Å². The zero-order valence-electron chi connectivity index (χ0n) is 24.1. The van der Waals surface area contributed by atoms with Crippen molar-refractivity contribution < 1.29 is 33.9 Å². The van der Waals surface area contributed by atoms with Gasteiger partial charge in [0.15, 0.2) is 0 Å². The van der Waals surface area contributed by atoms with E-state index >= 15 is 0 Å². The van der Waals surface area contributed by atoms with Crippen LogP contribution in [-0.2, 0) is 19.0 Å². The molecule has 0 bridgehead atoms. The lowest BCUT2D eigenvalue weighted by Crippen LogP contribution is -2.46. The molecule has 4 atom stereocenters. The molecule has 10 heteroatoms. The molecule has 2 aliphatic heterocycles. The van der Waals surface area contributed by atoms with E-state index in [0.717, 1.165) is 45.9 Å². The summed E-state index contributed by atoms with van der Waals surface area (Å²) in [6.45, 7) is 2.01. The Morgan fingerprint density at radius 1 is 1.09 bits per heavy atom. The molecule has 2 aromatic carbocycles. The van der Waals surface area contributed by atoms with Gasteiger partial charge in [-0.2, -0.15) is 4.90 Å². The highest BCUT2D eigenvalue weighted by Crippen LogP contribution is 2.51. The van der Waals surface area contributed by atoms with Crippen LogP contribution in [0.5, 0.6) is 5.75 Å². The lowest BCUT2D eigenvalue weighted by molar-refractivity contribution is -0.137. The van der Waals surface area contributed by atoms with Gasteiger partial charge in [0.25, 0.3) is 0 Å². The average molecular weight is 580 g/mol. The number of carbonyl (C=O) groups is 3. The van der Waals surface area contributed by atoms with Crippen molar-refractivity contribution in [2.45, 2.75) is 45.0 Å². The predicted octanol–water partition coefficient (Wildman–Crippen LogP) is 5.23. The Morgan fingerprint density at radius 2 is 1.86 bits per heavy atom. The normalized spacial score (nSPS) is 23.9. The molecule has 1 aliphatic carbocycles. The van der Waals surface area contributed by atoms with Crippen molar-refractivity contribution in [2.24, 2.45) is 17.8 Å². The van der Waals surface area contributed by atoms with E-state index in [9.17, 15) is 24.5 Å². The number of allylic oxidation sites excluding steroid dienone is 2. The van der Waals surface area contributed by atoms with Crippen molar-refractivity contribution >= 4 is 47.4 Å². The third-order valence-electron chi connectivity index (χ3n) is 9.03. The van der Waals surface area contributed by atoms with Gasteiger partial charge >= 0.3 is 13.2 Å². The Kier molecular flexibility index (Phi) is 7.90.